The highest BCUT2D eigenvalue weighted by Gasteiger charge is 2.20. The Kier molecular flexibility index (Phi) is 1.34. The lowest BCUT2D eigenvalue weighted by atomic mass is 9.99. The number of hydrogen-bond donors (Lipinski definition) is 1. The average molecular weight is 152 g/mol. The smallest absolute Gasteiger partial charge is 0.154 e. The summed E-state index contributed by atoms with van der Waals surface area (Å²) < 4.78 is 4.56. The van der Waals surface area contributed by atoms with E-state index >= 15 is 0 Å². The van der Waals surface area contributed by atoms with Crippen LogP contribution in [0.25, 0.3) is 0 Å². The van der Waals surface area contributed by atoms with Gasteiger partial charge in [0.1, 0.15) is 5.69 Å². The standard InChI is InChI=1S/C6H8N4O/c7-8-4-2-1-3-5-6(4)10-11-9-5/h1-3,7H2. The van der Waals surface area contributed by atoms with E-state index in [4.69, 9.17) is 5.84 Å². The van der Waals surface area contributed by atoms with Crippen molar-refractivity contribution in [1.29, 1.82) is 0 Å². The first-order valence-electron chi connectivity index (χ1n) is 3.50. The molecule has 2 rings (SSSR count). The molecule has 1 heterocycles. The quantitative estimate of drug-likeness (QED) is 0.421. The van der Waals surface area contributed by atoms with Crippen molar-refractivity contribution < 1.29 is 4.63 Å². The highest BCUT2D eigenvalue weighted by Crippen LogP contribution is 2.17. The Morgan fingerprint density at radius 1 is 1.36 bits per heavy atom. The summed E-state index contributed by atoms with van der Waals surface area (Å²) in [6.45, 7) is 0. The molecule has 1 aliphatic carbocycles. The van der Waals surface area contributed by atoms with Gasteiger partial charge in [-0.2, -0.15) is 5.10 Å². The van der Waals surface area contributed by atoms with Crippen molar-refractivity contribution in [3.63, 3.8) is 0 Å². The summed E-state index contributed by atoms with van der Waals surface area (Å²) in [5.41, 5.74) is 2.41. The zero-order valence-electron chi connectivity index (χ0n) is 5.95. The summed E-state index contributed by atoms with van der Waals surface area (Å²) in [4.78, 5) is 0. The SMILES string of the molecule is NN=C1CCCc2nonc21. The highest BCUT2D eigenvalue weighted by molar-refractivity contribution is 6.00. The molecule has 0 aliphatic heterocycles. The van der Waals surface area contributed by atoms with Gasteiger partial charge in [0.25, 0.3) is 0 Å². The number of nitrogens with zero attached hydrogens (tertiary/aromatic N) is 3. The minimum Gasteiger partial charge on any atom is -0.323 e. The number of hydrogen-bond acceptors (Lipinski definition) is 5. The van der Waals surface area contributed by atoms with E-state index in [0.29, 0.717) is 0 Å². The number of aryl methyl sites for hydroxylation is 1. The molecule has 0 amide bonds. The Hall–Kier alpha value is -1.39. The maximum absolute atomic E-state index is 5.16. The maximum Gasteiger partial charge on any atom is 0.154 e. The Morgan fingerprint density at radius 3 is 3.09 bits per heavy atom. The Labute approximate surface area is 63.2 Å². The predicted octanol–water partition coefficient (Wildman–Crippen LogP) is 0.0687. The lowest BCUT2D eigenvalue weighted by Gasteiger charge is -2.07. The van der Waals surface area contributed by atoms with Crippen molar-refractivity contribution >= 4 is 5.71 Å². The predicted molar refractivity (Wildman–Crippen MR) is 38.0 cm³/mol. The van der Waals surface area contributed by atoms with Gasteiger partial charge in [-0.1, -0.05) is 5.16 Å². The lowest BCUT2D eigenvalue weighted by molar-refractivity contribution is 0.303. The average Bonchev–Trinajstić information content (AvgIpc) is 2.50. The minimum atomic E-state index is 0.735. The van der Waals surface area contributed by atoms with Gasteiger partial charge >= 0.3 is 0 Å². The first-order valence-corrected chi connectivity index (χ1v) is 3.50. The van der Waals surface area contributed by atoms with Gasteiger partial charge in [-0.3, -0.25) is 0 Å². The Morgan fingerprint density at radius 2 is 2.27 bits per heavy atom. The van der Waals surface area contributed by atoms with E-state index in [-0.39, 0.29) is 0 Å². The van der Waals surface area contributed by atoms with Crippen LogP contribution in [0, 0.1) is 0 Å². The van der Waals surface area contributed by atoms with Crippen LogP contribution in [0.3, 0.4) is 0 Å². The number of rotatable bonds is 0. The van der Waals surface area contributed by atoms with Crippen molar-refractivity contribution in [2.75, 3.05) is 0 Å². The topological polar surface area (TPSA) is 77.3 Å². The van der Waals surface area contributed by atoms with Crippen LogP contribution >= 0.6 is 0 Å². The third-order valence-electron chi connectivity index (χ3n) is 1.81. The van der Waals surface area contributed by atoms with Crippen LogP contribution < -0.4 is 5.84 Å². The number of nitrogens with two attached hydrogens (primary N) is 1. The normalized spacial score (nSPS) is 20.2. The number of fused-ring (bicyclic) bond motifs is 1. The summed E-state index contributed by atoms with van der Waals surface area (Å²) in [6, 6.07) is 0. The van der Waals surface area contributed by atoms with Crippen LogP contribution in [0.4, 0.5) is 0 Å². The van der Waals surface area contributed by atoms with Gasteiger partial charge in [0.05, 0.1) is 5.71 Å². The van der Waals surface area contributed by atoms with Crippen molar-refractivity contribution in [1.82, 2.24) is 10.3 Å². The van der Waals surface area contributed by atoms with Crippen LogP contribution in [0.15, 0.2) is 9.73 Å². The molecular formula is C6H8N4O. The number of aromatic nitrogens is 2. The fourth-order valence-corrected chi connectivity index (χ4v) is 1.26. The molecule has 0 spiro atoms. The fraction of sp³-hybridized carbons (Fsp3) is 0.500. The maximum atomic E-state index is 5.16. The van der Waals surface area contributed by atoms with E-state index in [2.05, 4.69) is 20.0 Å². The molecular weight excluding hydrogens is 144 g/mol. The molecule has 0 saturated heterocycles. The minimum absolute atomic E-state index is 0.735. The van der Waals surface area contributed by atoms with E-state index in [9.17, 15) is 0 Å². The molecule has 1 aromatic heterocycles. The van der Waals surface area contributed by atoms with Gasteiger partial charge in [0, 0.05) is 0 Å². The molecule has 5 heteroatoms. The second-order valence-corrected chi connectivity index (χ2v) is 2.49. The van der Waals surface area contributed by atoms with E-state index in [1.165, 1.54) is 0 Å². The van der Waals surface area contributed by atoms with Gasteiger partial charge in [-0.15, -0.1) is 0 Å². The van der Waals surface area contributed by atoms with E-state index in [1.807, 2.05) is 0 Å². The summed E-state index contributed by atoms with van der Waals surface area (Å²) in [5, 5.41) is 11.1. The third kappa shape index (κ3) is 0.886. The molecule has 5 nitrogen and oxygen atoms in total. The monoisotopic (exact) mass is 152 g/mol. The van der Waals surface area contributed by atoms with E-state index < -0.39 is 0 Å². The highest BCUT2D eigenvalue weighted by atomic mass is 16.6. The van der Waals surface area contributed by atoms with E-state index in [0.717, 1.165) is 36.4 Å². The van der Waals surface area contributed by atoms with Crippen LogP contribution in [0.5, 0.6) is 0 Å². The molecule has 11 heavy (non-hydrogen) atoms. The molecule has 1 aromatic rings. The van der Waals surface area contributed by atoms with Crippen LogP contribution in [0.1, 0.15) is 24.2 Å². The third-order valence-corrected chi connectivity index (χ3v) is 1.81. The summed E-state index contributed by atoms with van der Waals surface area (Å²) in [6.07, 6.45) is 2.81. The van der Waals surface area contributed by atoms with E-state index in [1.54, 1.807) is 0 Å². The van der Waals surface area contributed by atoms with Crippen LogP contribution in [0.2, 0.25) is 0 Å². The molecule has 0 bridgehead atoms. The molecule has 0 aromatic carbocycles. The van der Waals surface area contributed by atoms with Gasteiger partial charge in [-0.25, -0.2) is 4.63 Å². The summed E-state index contributed by atoms with van der Waals surface area (Å²) in [5.74, 6) is 5.16. The molecule has 0 fully saturated rings. The summed E-state index contributed by atoms with van der Waals surface area (Å²) in [7, 11) is 0. The van der Waals surface area contributed by atoms with Crippen molar-refractivity contribution in [2.24, 2.45) is 10.9 Å². The zero-order valence-corrected chi connectivity index (χ0v) is 5.95. The van der Waals surface area contributed by atoms with Gasteiger partial charge in [0.2, 0.25) is 0 Å². The van der Waals surface area contributed by atoms with Crippen LogP contribution in [-0.2, 0) is 6.42 Å². The second-order valence-electron chi connectivity index (χ2n) is 2.49. The molecule has 1 aliphatic rings. The first kappa shape index (κ1) is 6.33. The lowest BCUT2D eigenvalue weighted by Crippen LogP contribution is -2.13. The molecule has 2 N–H and O–H groups in total. The van der Waals surface area contributed by atoms with Gasteiger partial charge < -0.3 is 5.84 Å². The molecule has 0 unspecified atom stereocenters. The zero-order chi connectivity index (χ0) is 7.68. The van der Waals surface area contributed by atoms with Crippen molar-refractivity contribution in [3.8, 4) is 0 Å². The Bertz CT molecular complexity index is 291. The molecule has 0 atom stereocenters. The fourth-order valence-electron chi connectivity index (χ4n) is 1.26. The van der Waals surface area contributed by atoms with Gasteiger partial charge in [0.15, 0.2) is 5.69 Å². The van der Waals surface area contributed by atoms with Crippen molar-refractivity contribution in [2.45, 2.75) is 19.3 Å². The molecule has 0 radical (unpaired) electrons. The largest absolute Gasteiger partial charge is 0.323 e. The first-order chi connectivity index (χ1) is 5.42. The van der Waals surface area contributed by atoms with Gasteiger partial charge in [-0.05, 0) is 24.4 Å². The second kappa shape index (κ2) is 2.34. The Balaban J connectivity index is 2.48. The molecule has 0 saturated carbocycles. The summed E-state index contributed by atoms with van der Waals surface area (Å²) >= 11 is 0. The molecule has 58 valence electrons. The number of hydrazone groups is 1. The van der Waals surface area contributed by atoms with Crippen molar-refractivity contribution in [3.05, 3.63) is 11.4 Å². The van der Waals surface area contributed by atoms with Crippen LogP contribution in [-0.4, -0.2) is 16.0 Å².